The van der Waals surface area contributed by atoms with Gasteiger partial charge in [0.05, 0.1) is 18.1 Å². The molecule has 1 amide bonds. The Morgan fingerprint density at radius 1 is 0.930 bits per heavy atom. The molecule has 1 aliphatic heterocycles. The van der Waals surface area contributed by atoms with Crippen LogP contribution < -0.4 is 15.4 Å². The molecule has 6 rings (SSSR count). The Hall–Kier alpha value is -4.87. The standard InChI is InChI=1S/C32H35N9O2/c1-21-7-8-23(30(42)35-25-10-9-24(22(2)16-25)20-41-14-12-39(3)13-15-41)17-28(21)43-31-27-19-34-40(4)29(27)37-32(38-31)36-26-6-5-11-33-18-26/h5-11,16-19H,12-15,20H2,1-4H3,(H,35,42)(H,36,37,38). The van der Waals surface area contributed by atoms with Crippen molar-refractivity contribution in [2.45, 2.75) is 20.4 Å². The molecule has 0 aliphatic carbocycles. The third kappa shape index (κ3) is 6.47. The van der Waals surface area contributed by atoms with Crippen molar-refractivity contribution in [2.24, 2.45) is 7.05 Å². The van der Waals surface area contributed by atoms with Crippen LogP contribution in [-0.4, -0.2) is 73.7 Å². The molecule has 2 N–H and O–H groups in total. The van der Waals surface area contributed by atoms with Gasteiger partial charge in [0.25, 0.3) is 5.91 Å². The molecule has 0 radical (unpaired) electrons. The number of nitrogens with zero attached hydrogens (tertiary/aromatic N) is 7. The van der Waals surface area contributed by atoms with Crippen LogP contribution >= 0.6 is 0 Å². The van der Waals surface area contributed by atoms with Gasteiger partial charge in [-0.1, -0.05) is 12.1 Å². The second-order valence-electron chi connectivity index (χ2n) is 11.0. The predicted molar refractivity (Wildman–Crippen MR) is 167 cm³/mol. The highest BCUT2D eigenvalue weighted by molar-refractivity contribution is 6.04. The smallest absolute Gasteiger partial charge is 0.255 e. The van der Waals surface area contributed by atoms with Gasteiger partial charge in [0.15, 0.2) is 5.65 Å². The molecule has 11 heteroatoms. The zero-order valence-corrected chi connectivity index (χ0v) is 24.8. The van der Waals surface area contributed by atoms with Crippen molar-refractivity contribution in [1.82, 2.24) is 34.5 Å². The topological polar surface area (TPSA) is 113 Å². The summed E-state index contributed by atoms with van der Waals surface area (Å²) in [5.41, 5.74) is 5.87. The lowest BCUT2D eigenvalue weighted by atomic mass is 10.1. The van der Waals surface area contributed by atoms with Crippen LogP contribution in [0.15, 0.2) is 67.1 Å². The number of pyridine rings is 1. The summed E-state index contributed by atoms with van der Waals surface area (Å²) in [5, 5.41) is 11.2. The van der Waals surface area contributed by atoms with E-state index in [1.807, 2.05) is 44.3 Å². The third-order valence-electron chi connectivity index (χ3n) is 7.72. The van der Waals surface area contributed by atoms with Gasteiger partial charge in [-0.3, -0.25) is 19.4 Å². The number of amides is 1. The lowest BCUT2D eigenvalue weighted by Crippen LogP contribution is -2.43. The summed E-state index contributed by atoms with van der Waals surface area (Å²) in [5.74, 6) is 0.973. The molecule has 2 aromatic carbocycles. The fourth-order valence-corrected chi connectivity index (χ4v) is 5.05. The lowest BCUT2D eigenvalue weighted by molar-refractivity contribution is 0.102. The highest BCUT2D eigenvalue weighted by Crippen LogP contribution is 2.31. The van der Waals surface area contributed by atoms with Crippen LogP contribution in [0.5, 0.6) is 11.6 Å². The Balaban J connectivity index is 1.19. The number of aryl methyl sites for hydroxylation is 3. The molecule has 1 saturated heterocycles. The van der Waals surface area contributed by atoms with Gasteiger partial charge in [-0.05, 0) is 74.0 Å². The molecule has 220 valence electrons. The highest BCUT2D eigenvalue weighted by Gasteiger charge is 2.18. The summed E-state index contributed by atoms with van der Waals surface area (Å²) in [6, 6.07) is 15.2. The zero-order valence-electron chi connectivity index (χ0n) is 24.8. The summed E-state index contributed by atoms with van der Waals surface area (Å²) in [4.78, 5) is 31.5. The van der Waals surface area contributed by atoms with E-state index in [1.165, 1.54) is 5.56 Å². The minimum absolute atomic E-state index is 0.218. The monoisotopic (exact) mass is 577 g/mol. The number of piperazine rings is 1. The molecular weight excluding hydrogens is 542 g/mol. The van der Waals surface area contributed by atoms with Gasteiger partial charge in [-0.25, -0.2) is 0 Å². The molecule has 0 spiro atoms. The number of nitrogens with one attached hydrogen (secondary N) is 2. The zero-order chi connectivity index (χ0) is 29.9. The van der Waals surface area contributed by atoms with Gasteiger partial charge < -0.3 is 20.3 Å². The number of hydrogen-bond donors (Lipinski definition) is 2. The van der Waals surface area contributed by atoms with Gasteiger partial charge in [-0.2, -0.15) is 15.1 Å². The number of anilines is 3. The minimum atomic E-state index is -0.218. The molecule has 5 aromatic rings. The average molecular weight is 578 g/mol. The number of fused-ring (bicyclic) bond motifs is 1. The normalized spacial score (nSPS) is 14.1. The van der Waals surface area contributed by atoms with E-state index in [0.29, 0.717) is 34.2 Å². The largest absolute Gasteiger partial charge is 0.438 e. The second kappa shape index (κ2) is 12.2. The molecule has 43 heavy (non-hydrogen) atoms. The van der Waals surface area contributed by atoms with Crippen molar-refractivity contribution in [2.75, 3.05) is 43.9 Å². The highest BCUT2D eigenvalue weighted by atomic mass is 16.5. The third-order valence-corrected chi connectivity index (χ3v) is 7.72. The van der Waals surface area contributed by atoms with Crippen molar-refractivity contribution >= 4 is 34.3 Å². The summed E-state index contributed by atoms with van der Waals surface area (Å²) in [6.45, 7) is 9.24. The van der Waals surface area contributed by atoms with E-state index in [2.05, 4.69) is 60.5 Å². The van der Waals surface area contributed by atoms with Crippen molar-refractivity contribution in [3.63, 3.8) is 0 Å². The van der Waals surface area contributed by atoms with E-state index in [4.69, 9.17) is 4.74 Å². The Morgan fingerprint density at radius 3 is 2.53 bits per heavy atom. The second-order valence-corrected chi connectivity index (χ2v) is 11.0. The number of hydrogen-bond acceptors (Lipinski definition) is 9. The van der Waals surface area contributed by atoms with Gasteiger partial charge in [-0.15, -0.1) is 0 Å². The number of benzene rings is 2. The maximum atomic E-state index is 13.3. The molecule has 0 saturated carbocycles. The van der Waals surface area contributed by atoms with Crippen molar-refractivity contribution < 1.29 is 9.53 Å². The number of aromatic nitrogens is 5. The van der Waals surface area contributed by atoms with Crippen LogP contribution in [0.3, 0.4) is 0 Å². The van der Waals surface area contributed by atoms with Crippen LogP contribution in [0, 0.1) is 13.8 Å². The van der Waals surface area contributed by atoms with Crippen molar-refractivity contribution in [3.05, 3.63) is 89.4 Å². The molecule has 0 unspecified atom stereocenters. The molecule has 4 heterocycles. The molecule has 1 fully saturated rings. The van der Waals surface area contributed by atoms with Crippen LogP contribution in [0.25, 0.3) is 11.0 Å². The predicted octanol–water partition coefficient (Wildman–Crippen LogP) is 4.91. The Kier molecular flexibility index (Phi) is 7.99. The molecule has 1 aliphatic rings. The summed E-state index contributed by atoms with van der Waals surface area (Å²) in [7, 11) is 3.97. The van der Waals surface area contributed by atoms with E-state index in [-0.39, 0.29) is 5.91 Å². The van der Waals surface area contributed by atoms with E-state index < -0.39 is 0 Å². The molecule has 0 atom stereocenters. The number of rotatable bonds is 8. The van der Waals surface area contributed by atoms with E-state index in [0.717, 1.165) is 55.2 Å². The average Bonchev–Trinajstić information content (AvgIpc) is 3.37. The first-order valence-corrected chi connectivity index (χ1v) is 14.3. The summed E-state index contributed by atoms with van der Waals surface area (Å²) < 4.78 is 7.98. The molecule has 3 aromatic heterocycles. The number of carbonyl (C=O) groups is 1. The Morgan fingerprint density at radius 2 is 1.77 bits per heavy atom. The van der Waals surface area contributed by atoms with Crippen LogP contribution in [0.2, 0.25) is 0 Å². The van der Waals surface area contributed by atoms with E-state index in [9.17, 15) is 4.79 Å². The quantitative estimate of drug-likeness (QED) is 0.266. The number of carbonyl (C=O) groups excluding carboxylic acids is 1. The van der Waals surface area contributed by atoms with Crippen LogP contribution in [0.4, 0.5) is 17.3 Å². The lowest BCUT2D eigenvalue weighted by Gasteiger charge is -2.32. The fourth-order valence-electron chi connectivity index (χ4n) is 5.05. The van der Waals surface area contributed by atoms with Crippen molar-refractivity contribution in [1.29, 1.82) is 0 Å². The Bertz CT molecular complexity index is 1760. The maximum absolute atomic E-state index is 13.3. The summed E-state index contributed by atoms with van der Waals surface area (Å²) >= 11 is 0. The maximum Gasteiger partial charge on any atom is 0.255 e. The molecular formula is C32H35N9O2. The first kappa shape index (κ1) is 28.3. The van der Waals surface area contributed by atoms with Crippen LogP contribution in [-0.2, 0) is 13.6 Å². The Labute approximate surface area is 250 Å². The SMILES string of the molecule is Cc1cc(NC(=O)c2ccc(C)c(Oc3nc(Nc4cccnc4)nc4c3cnn4C)c2)ccc1CN1CCN(C)CC1. The van der Waals surface area contributed by atoms with Crippen LogP contribution in [0.1, 0.15) is 27.0 Å². The fraction of sp³-hybridized carbons (Fsp3) is 0.281. The molecule has 11 nitrogen and oxygen atoms in total. The van der Waals surface area contributed by atoms with Gasteiger partial charge in [0, 0.05) is 57.2 Å². The van der Waals surface area contributed by atoms with E-state index in [1.54, 1.807) is 35.4 Å². The first-order chi connectivity index (χ1) is 20.8. The van der Waals surface area contributed by atoms with Gasteiger partial charge in [0.1, 0.15) is 11.1 Å². The number of ether oxygens (including phenoxy) is 1. The summed E-state index contributed by atoms with van der Waals surface area (Å²) in [6.07, 6.45) is 5.05. The first-order valence-electron chi connectivity index (χ1n) is 14.3. The molecule has 0 bridgehead atoms. The van der Waals surface area contributed by atoms with E-state index >= 15 is 0 Å². The van der Waals surface area contributed by atoms with Gasteiger partial charge >= 0.3 is 0 Å². The number of likely N-dealkylation sites (N-methyl/N-ethyl adjacent to an activating group) is 1. The van der Waals surface area contributed by atoms with Gasteiger partial charge in [0.2, 0.25) is 11.8 Å². The minimum Gasteiger partial charge on any atom is -0.438 e. The van der Waals surface area contributed by atoms with Crippen molar-refractivity contribution in [3.8, 4) is 11.6 Å².